The maximum atomic E-state index is 5.75. The summed E-state index contributed by atoms with van der Waals surface area (Å²) in [6.07, 6.45) is 0. The lowest BCUT2D eigenvalue weighted by Gasteiger charge is -2.08. The van der Waals surface area contributed by atoms with Crippen LogP contribution >= 0.6 is 0 Å². The van der Waals surface area contributed by atoms with Crippen molar-refractivity contribution < 1.29 is 4.74 Å². The van der Waals surface area contributed by atoms with Crippen molar-refractivity contribution in [3.05, 3.63) is 66.6 Å². The molecule has 0 fully saturated rings. The number of rotatable bonds is 2. The molecular formula is C14H13O. The second kappa shape index (κ2) is 4.18. The predicted molar refractivity (Wildman–Crippen MR) is 62.2 cm³/mol. The molecule has 0 N–H and O–H groups in total. The van der Waals surface area contributed by atoms with Crippen molar-refractivity contribution in [3.63, 3.8) is 0 Å². The number of hydrogen-bond acceptors (Lipinski definition) is 1. The highest BCUT2D eigenvalue weighted by Gasteiger charge is 2.00. The van der Waals surface area contributed by atoms with Crippen molar-refractivity contribution in [2.24, 2.45) is 0 Å². The molecule has 0 unspecified atom stereocenters. The van der Waals surface area contributed by atoms with E-state index in [9.17, 15) is 0 Å². The lowest BCUT2D eigenvalue weighted by atomic mass is 10.1. The lowest BCUT2D eigenvalue weighted by molar-refractivity contribution is 0.478. The largest absolute Gasteiger partial charge is 0.457 e. The topological polar surface area (TPSA) is 9.23 Å². The van der Waals surface area contributed by atoms with E-state index in [1.807, 2.05) is 55.5 Å². The van der Waals surface area contributed by atoms with Crippen molar-refractivity contribution in [2.45, 2.75) is 6.92 Å². The summed E-state index contributed by atoms with van der Waals surface area (Å²) in [4.78, 5) is 0. The van der Waals surface area contributed by atoms with Gasteiger partial charge in [0, 0.05) is 0 Å². The van der Waals surface area contributed by atoms with Crippen molar-refractivity contribution in [2.75, 3.05) is 0 Å². The van der Waals surface area contributed by atoms with Gasteiger partial charge in [0.1, 0.15) is 11.5 Å². The normalized spacial score (nSPS) is 10.0. The zero-order valence-corrected chi connectivity index (χ0v) is 8.73. The van der Waals surface area contributed by atoms with E-state index in [-0.39, 0.29) is 0 Å². The van der Waals surface area contributed by atoms with Crippen molar-refractivity contribution >= 4 is 0 Å². The van der Waals surface area contributed by atoms with Gasteiger partial charge in [0.05, 0.1) is 0 Å². The van der Waals surface area contributed by atoms with Crippen LogP contribution in [0.1, 0.15) is 11.1 Å². The van der Waals surface area contributed by atoms with Gasteiger partial charge in [-0.15, -0.1) is 0 Å². The third kappa shape index (κ3) is 2.38. The molecule has 1 nitrogen and oxygen atoms in total. The number of aryl methyl sites for hydroxylation is 1. The van der Waals surface area contributed by atoms with Gasteiger partial charge in [0.25, 0.3) is 0 Å². The third-order valence-corrected chi connectivity index (χ3v) is 2.22. The van der Waals surface area contributed by atoms with Crippen LogP contribution in [0.25, 0.3) is 0 Å². The third-order valence-electron chi connectivity index (χ3n) is 2.22. The second-order valence-corrected chi connectivity index (χ2v) is 3.51. The molecule has 1 heteroatoms. The smallest absolute Gasteiger partial charge is 0.130 e. The molecule has 0 saturated heterocycles. The molecule has 0 saturated carbocycles. The van der Waals surface area contributed by atoms with E-state index in [4.69, 9.17) is 4.74 Å². The van der Waals surface area contributed by atoms with E-state index in [1.165, 1.54) is 0 Å². The fourth-order valence-corrected chi connectivity index (χ4v) is 1.37. The lowest BCUT2D eigenvalue weighted by Crippen LogP contribution is -1.87. The van der Waals surface area contributed by atoms with Gasteiger partial charge in [-0.05, 0) is 43.2 Å². The minimum absolute atomic E-state index is 0.853. The standard InChI is InChI=1S/C14H13O/c1-11-8-9-12(2)14(10-11)15-13-6-4-3-5-7-13/h3-10H,1H2,2H3. The molecule has 0 amide bonds. The summed E-state index contributed by atoms with van der Waals surface area (Å²) in [6.45, 7) is 5.91. The number of benzene rings is 2. The van der Waals surface area contributed by atoms with Gasteiger partial charge < -0.3 is 4.74 Å². The Bertz CT molecular complexity index is 446. The van der Waals surface area contributed by atoms with Crippen molar-refractivity contribution in [1.82, 2.24) is 0 Å². The van der Waals surface area contributed by atoms with E-state index in [0.717, 1.165) is 22.6 Å². The van der Waals surface area contributed by atoms with E-state index in [0.29, 0.717) is 0 Å². The zero-order chi connectivity index (χ0) is 10.7. The maximum absolute atomic E-state index is 5.75. The Kier molecular flexibility index (Phi) is 2.72. The molecule has 0 aliphatic rings. The minimum Gasteiger partial charge on any atom is -0.457 e. The van der Waals surface area contributed by atoms with Gasteiger partial charge in [-0.25, -0.2) is 0 Å². The van der Waals surface area contributed by atoms with Crippen LogP contribution in [0.15, 0.2) is 48.5 Å². The van der Waals surface area contributed by atoms with Gasteiger partial charge in [-0.1, -0.05) is 30.3 Å². The van der Waals surface area contributed by atoms with E-state index in [2.05, 4.69) is 6.92 Å². The summed E-state index contributed by atoms with van der Waals surface area (Å²) in [5.74, 6) is 1.72. The molecule has 0 aliphatic heterocycles. The van der Waals surface area contributed by atoms with Crippen molar-refractivity contribution in [1.29, 1.82) is 0 Å². The zero-order valence-electron chi connectivity index (χ0n) is 8.73. The molecule has 2 aromatic rings. The Balaban J connectivity index is 2.28. The highest BCUT2D eigenvalue weighted by molar-refractivity contribution is 5.40. The molecule has 0 heterocycles. The molecular weight excluding hydrogens is 184 g/mol. The predicted octanol–water partition coefficient (Wildman–Crippen LogP) is 3.97. The summed E-state index contributed by atoms with van der Waals surface area (Å²) < 4.78 is 5.75. The van der Waals surface area contributed by atoms with Gasteiger partial charge in [-0.2, -0.15) is 0 Å². The first-order valence-electron chi connectivity index (χ1n) is 4.91. The molecule has 2 rings (SSSR count). The average molecular weight is 197 g/mol. The highest BCUT2D eigenvalue weighted by Crippen LogP contribution is 2.25. The van der Waals surface area contributed by atoms with Gasteiger partial charge in [0.15, 0.2) is 0 Å². The highest BCUT2D eigenvalue weighted by atomic mass is 16.5. The van der Waals surface area contributed by atoms with Crippen LogP contribution in [0.4, 0.5) is 0 Å². The van der Waals surface area contributed by atoms with Crippen LogP contribution in [-0.4, -0.2) is 0 Å². The fourth-order valence-electron chi connectivity index (χ4n) is 1.37. The van der Waals surface area contributed by atoms with E-state index >= 15 is 0 Å². The fraction of sp³-hybridized carbons (Fsp3) is 0.0714. The van der Waals surface area contributed by atoms with Gasteiger partial charge in [0.2, 0.25) is 0 Å². The Morgan fingerprint density at radius 2 is 1.73 bits per heavy atom. The average Bonchev–Trinajstić information content (AvgIpc) is 2.25. The van der Waals surface area contributed by atoms with Crippen LogP contribution in [0.2, 0.25) is 0 Å². The molecule has 2 aromatic carbocycles. The summed E-state index contributed by atoms with van der Waals surface area (Å²) in [5, 5.41) is 0. The van der Waals surface area contributed by atoms with Gasteiger partial charge >= 0.3 is 0 Å². The molecule has 0 spiro atoms. The van der Waals surface area contributed by atoms with Crippen molar-refractivity contribution in [3.8, 4) is 11.5 Å². The number of hydrogen-bond donors (Lipinski definition) is 0. The number of ether oxygens (including phenoxy) is 1. The van der Waals surface area contributed by atoms with Crippen LogP contribution < -0.4 is 4.74 Å². The molecule has 0 aromatic heterocycles. The van der Waals surface area contributed by atoms with Crippen LogP contribution in [0.5, 0.6) is 11.5 Å². The van der Waals surface area contributed by atoms with Crippen LogP contribution in [0.3, 0.4) is 0 Å². The maximum Gasteiger partial charge on any atom is 0.130 e. The molecule has 75 valence electrons. The summed E-state index contributed by atoms with van der Waals surface area (Å²) in [7, 11) is 0. The molecule has 0 aliphatic carbocycles. The van der Waals surface area contributed by atoms with Gasteiger partial charge in [-0.3, -0.25) is 0 Å². The van der Waals surface area contributed by atoms with Crippen LogP contribution in [-0.2, 0) is 0 Å². The van der Waals surface area contributed by atoms with Crippen LogP contribution in [0, 0.1) is 13.8 Å². The SMILES string of the molecule is [CH2]c1ccc(C)c(Oc2ccccc2)c1. The molecule has 1 radical (unpaired) electrons. The molecule has 0 bridgehead atoms. The Labute approximate surface area is 90.3 Å². The second-order valence-electron chi connectivity index (χ2n) is 3.51. The summed E-state index contributed by atoms with van der Waals surface area (Å²) in [5.41, 5.74) is 2.08. The first-order chi connectivity index (χ1) is 7.25. The van der Waals surface area contributed by atoms with E-state index < -0.39 is 0 Å². The Morgan fingerprint density at radius 1 is 1.00 bits per heavy atom. The summed E-state index contributed by atoms with van der Waals surface area (Å²) in [6, 6.07) is 15.7. The molecule has 15 heavy (non-hydrogen) atoms. The first-order valence-corrected chi connectivity index (χ1v) is 4.91. The number of para-hydroxylation sites is 1. The minimum atomic E-state index is 0.853. The summed E-state index contributed by atoms with van der Waals surface area (Å²) >= 11 is 0. The first kappa shape index (κ1) is 9.78. The Morgan fingerprint density at radius 3 is 2.47 bits per heavy atom. The van der Waals surface area contributed by atoms with E-state index in [1.54, 1.807) is 0 Å². The monoisotopic (exact) mass is 197 g/mol. The quantitative estimate of drug-likeness (QED) is 0.707. The molecule has 0 atom stereocenters. The Hall–Kier alpha value is -1.76.